The van der Waals surface area contributed by atoms with Crippen molar-refractivity contribution in [3.05, 3.63) is 42.1 Å². The number of nitrogens with one attached hydrogen (secondary N) is 2. The number of rotatable bonds is 5. The van der Waals surface area contributed by atoms with Crippen molar-refractivity contribution >= 4 is 23.3 Å². The van der Waals surface area contributed by atoms with Crippen LogP contribution in [0.2, 0.25) is 0 Å². The molecular weight excluding hydrogens is 244 g/mol. The number of hydrogen-bond donors (Lipinski definition) is 2. The van der Waals surface area contributed by atoms with Crippen molar-refractivity contribution in [2.24, 2.45) is 0 Å². The smallest absolute Gasteiger partial charge is 0.189 e. The number of thioether (sulfide) groups is 1. The molecular formula is C13H16N4S. The molecule has 0 saturated heterocycles. The van der Waals surface area contributed by atoms with Gasteiger partial charge >= 0.3 is 0 Å². The molecule has 1 heterocycles. The minimum atomic E-state index is 0.703. The molecule has 0 fully saturated rings. The van der Waals surface area contributed by atoms with E-state index in [2.05, 4.69) is 20.6 Å². The molecule has 2 rings (SSSR count). The maximum atomic E-state index is 4.42. The van der Waals surface area contributed by atoms with Crippen LogP contribution in [0.1, 0.15) is 5.56 Å². The lowest BCUT2D eigenvalue weighted by atomic mass is 10.2. The van der Waals surface area contributed by atoms with E-state index in [0.29, 0.717) is 6.54 Å². The van der Waals surface area contributed by atoms with E-state index < -0.39 is 0 Å². The van der Waals surface area contributed by atoms with E-state index in [1.54, 1.807) is 0 Å². The Morgan fingerprint density at radius 2 is 2.00 bits per heavy atom. The monoisotopic (exact) mass is 260 g/mol. The molecule has 94 valence electrons. The van der Waals surface area contributed by atoms with Gasteiger partial charge in [-0.25, -0.2) is 9.97 Å². The van der Waals surface area contributed by atoms with E-state index in [1.165, 1.54) is 11.8 Å². The molecule has 0 aliphatic heterocycles. The minimum Gasteiger partial charge on any atom is -0.381 e. The number of nitrogens with zero attached hydrogens (tertiary/aromatic N) is 2. The van der Waals surface area contributed by atoms with Crippen molar-refractivity contribution < 1.29 is 0 Å². The standard InChI is InChI=1S/C13H16N4S/c1-14-12-10(9-16-13(17-12)18-2)8-15-11-6-4-3-5-7-11/h3-7,9,15H,8H2,1-2H3,(H,14,16,17). The van der Waals surface area contributed by atoms with Gasteiger partial charge < -0.3 is 10.6 Å². The second kappa shape index (κ2) is 6.26. The van der Waals surface area contributed by atoms with E-state index in [0.717, 1.165) is 22.2 Å². The summed E-state index contributed by atoms with van der Waals surface area (Å²) in [5.74, 6) is 0.873. The quantitative estimate of drug-likeness (QED) is 0.639. The van der Waals surface area contributed by atoms with Gasteiger partial charge in [-0.15, -0.1) is 0 Å². The van der Waals surface area contributed by atoms with Gasteiger partial charge in [0.2, 0.25) is 0 Å². The third kappa shape index (κ3) is 3.13. The Morgan fingerprint density at radius 1 is 1.22 bits per heavy atom. The first kappa shape index (κ1) is 12.7. The first-order valence-electron chi connectivity index (χ1n) is 5.70. The summed E-state index contributed by atoms with van der Waals surface area (Å²) in [6, 6.07) is 10.1. The van der Waals surface area contributed by atoms with Crippen LogP contribution in [0.5, 0.6) is 0 Å². The van der Waals surface area contributed by atoms with Gasteiger partial charge in [0.25, 0.3) is 0 Å². The third-order valence-corrected chi connectivity index (χ3v) is 3.08. The van der Waals surface area contributed by atoms with E-state index in [4.69, 9.17) is 0 Å². The zero-order valence-electron chi connectivity index (χ0n) is 10.5. The highest BCUT2D eigenvalue weighted by Crippen LogP contribution is 2.17. The molecule has 0 spiro atoms. The van der Waals surface area contributed by atoms with Crippen LogP contribution in [0.4, 0.5) is 11.5 Å². The van der Waals surface area contributed by atoms with Gasteiger partial charge in [0.1, 0.15) is 5.82 Å². The summed E-state index contributed by atoms with van der Waals surface area (Å²) in [5, 5.41) is 7.23. The predicted octanol–water partition coefficient (Wildman–Crippen LogP) is 2.85. The molecule has 0 aliphatic carbocycles. The second-order valence-electron chi connectivity index (χ2n) is 3.70. The normalized spacial score (nSPS) is 10.1. The lowest BCUT2D eigenvalue weighted by Crippen LogP contribution is -2.06. The molecule has 0 bridgehead atoms. The highest BCUT2D eigenvalue weighted by molar-refractivity contribution is 7.98. The molecule has 1 aromatic heterocycles. The van der Waals surface area contributed by atoms with Crippen molar-refractivity contribution in [1.29, 1.82) is 0 Å². The highest BCUT2D eigenvalue weighted by atomic mass is 32.2. The molecule has 2 aromatic rings. The van der Waals surface area contributed by atoms with Gasteiger partial charge in [-0.1, -0.05) is 30.0 Å². The van der Waals surface area contributed by atoms with E-state index in [9.17, 15) is 0 Å². The van der Waals surface area contributed by atoms with Crippen LogP contribution in [0.15, 0.2) is 41.7 Å². The molecule has 0 saturated carbocycles. The first-order chi connectivity index (χ1) is 8.83. The van der Waals surface area contributed by atoms with Crippen molar-refractivity contribution in [3.63, 3.8) is 0 Å². The maximum absolute atomic E-state index is 4.42. The summed E-state index contributed by atoms with van der Waals surface area (Å²) in [6.07, 6.45) is 3.83. The second-order valence-corrected chi connectivity index (χ2v) is 4.47. The third-order valence-electron chi connectivity index (χ3n) is 2.52. The molecule has 0 amide bonds. The molecule has 4 nitrogen and oxygen atoms in total. The van der Waals surface area contributed by atoms with Gasteiger partial charge in [0.05, 0.1) is 0 Å². The molecule has 0 aliphatic rings. The van der Waals surface area contributed by atoms with Crippen LogP contribution in [-0.2, 0) is 6.54 Å². The fourth-order valence-electron chi connectivity index (χ4n) is 1.59. The van der Waals surface area contributed by atoms with Crippen LogP contribution < -0.4 is 10.6 Å². The Balaban J connectivity index is 2.09. The highest BCUT2D eigenvalue weighted by Gasteiger charge is 2.05. The average Bonchev–Trinajstić information content (AvgIpc) is 2.46. The van der Waals surface area contributed by atoms with E-state index in [-0.39, 0.29) is 0 Å². The predicted molar refractivity (Wildman–Crippen MR) is 77.1 cm³/mol. The SMILES string of the molecule is CNc1nc(SC)ncc1CNc1ccccc1. The summed E-state index contributed by atoms with van der Waals surface area (Å²) in [6.45, 7) is 0.703. The van der Waals surface area contributed by atoms with E-state index in [1.807, 2.05) is 49.8 Å². The minimum absolute atomic E-state index is 0.703. The number of para-hydroxylation sites is 1. The number of aromatic nitrogens is 2. The molecule has 2 N–H and O–H groups in total. The van der Waals surface area contributed by atoms with Crippen molar-refractivity contribution in [2.45, 2.75) is 11.7 Å². The molecule has 18 heavy (non-hydrogen) atoms. The largest absolute Gasteiger partial charge is 0.381 e. The Hall–Kier alpha value is -1.75. The molecule has 0 atom stereocenters. The molecule has 0 radical (unpaired) electrons. The molecule has 0 unspecified atom stereocenters. The molecule has 1 aromatic carbocycles. The first-order valence-corrected chi connectivity index (χ1v) is 6.92. The van der Waals surface area contributed by atoms with E-state index >= 15 is 0 Å². The number of anilines is 2. The summed E-state index contributed by atoms with van der Waals surface area (Å²) in [4.78, 5) is 8.71. The summed E-state index contributed by atoms with van der Waals surface area (Å²) in [5.41, 5.74) is 2.15. The summed E-state index contributed by atoms with van der Waals surface area (Å²) >= 11 is 1.54. The zero-order valence-corrected chi connectivity index (χ0v) is 11.3. The van der Waals surface area contributed by atoms with Crippen LogP contribution in [0.3, 0.4) is 0 Å². The summed E-state index contributed by atoms with van der Waals surface area (Å²) < 4.78 is 0. The topological polar surface area (TPSA) is 49.8 Å². The van der Waals surface area contributed by atoms with Crippen molar-refractivity contribution in [1.82, 2.24) is 9.97 Å². The van der Waals surface area contributed by atoms with Gasteiger partial charge in [0.15, 0.2) is 5.16 Å². The fourth-order valence-corrected chi connectivity index (χ4v) is 1.93. The molecule has 5 heteroatoms. The number of hydrogen-bond acceptors (Lipinski definition) is 5. The zero-order chi connectivity index (χ0) is 12.8. The van der Waals surface area contributed by atoms with Crippen LogP contribution in [0, 0.1) is 0 Å². The van der Waals surface area contributed by atoms with Crippen LogP contribution in [-0.4, -0.2) is 23.3 Å². The van der Waals surface area contributed by atoms with Gasteiger partial charge in [0, 0.05) is 31.0 Å². The van der Waals surface area contributed by atoms with Gasteiger partial charge in [-0.2, -0.15) is 0 Å². The number of benzene rings is 1. The summed E-state index contributed by atoms with van der Waals surface area (Å²) in [7, 11) is 1.87. The van der Waals surface area contributed by atoms with Crippen molar-refractivity contribution in [2.75, 3.05) is 23.9 Å². The Labute approximate surface area is 111 Å². The Kier molecular flexibility index (Phi) is 4.41. The average molecular weight is 260 g/mol. The van der Waals surface area contributed by atoms with Crippen LogP contribution >= 0.6 is 11.8 Å². The lowest BCUT2D eigenvalue weighted by Gasteiger charge is -2.10. The maximum Gasteiger partial charge on any atom is 0.189 e. The van der Waals surface area contributed by atoms with Crippen LogP contribution in [0.25, 0.3) is 0 Å². The van der Waals surface area contributed by atoms with Gasteiger partial charge in [-0.05, 0) is 18.4 Å². The lowest BCUT2D eigenvalue weighted by molar-refractivity contribution is 0.934. The fraction of sp³-hybridized carbons (Fsp3) is 0.231. The Bertz CT molecular complexity index is 502. The van der Waals surface area contributed by atoms with Gasteiger partial charge in [-0.3, -0.25) is 0 Å². The Morgan fingerprint density at radius 3 is 2.67 bits per heavy atom. The van der Waals surface area contributed by atoms with Crippen molar-refractivity contribution in [3.8, 4) is 0 Å².